The molecule has 0 radical (unpaired) electrons. The van der Waals surface area contributed by atoms with Gasteiger partial charge in [-0.25, -0.2) is 4.79 Å². The van der Waals surface area contributed by atoms with E-state index in [2.05, 4.69) is 93.0 Å². The first kappa shape index (κ1) is 68.1. The fraction of sp³-hybridized carbons (Fsp3) is 0.625. The molecule has 0 aromatic rings. The van der Waals surface area contributed by atoms with Crippen molar-refractivity contribution in [3.8, 4) is 0 Å². The SMILES string of the molecule is C1CO1.C=C(C)C(=O)Cl.C=C(C)C(=O)OCCP=S.[Li+].[Li+].[Li+].[Li+].[O-]CCP=S.[O-]CCP=S.[P-]=S.[P-]=S. The van der Waals surface area contributed by atoms with Crippen molar-refractivity contribution in [2.45, 2.75) is 13.8 Å². The van der Waals surface area contributed by atoms with E-state index in [1.165, 1.54) is 0 Å². The number of epoxide rings is 1. The molecule has 0 aromatic heterocycles. The zero-order valence-corrected chi connectivity index (χ0v) is 31.5. The van der Waals surface area contributed by atoms with E-state index in [0.29, 0.717) is 36.2 Å². The molecule has 1 rings (SSSR count). The molecule has 6 nitrogen and oxygen atoms in total. The Morgan fingerprint density at radius 3 is 1.22 bits per heavy atom. The molecule has 0 N–H and O–H groups in total. The van der Waals surface area contributed by atoms with Crippen LogP contribution in [-0.4, -0.2) is 62.7 Å². The summed E-state index contributed by atoms with van der Waals surface area (Å²) in [5.41, 5.74) is 0.817. The second-order valence-corrected chi connectivity index (χ2v) is 9.33. The van der Waals surface area contributed by atoms with Gasteiger partial charge in [-0.2, -0.15) is 0 Å². The Labute approximate surface area is 310 Å². The van der Waals surface area contributed by atoms with Crippen molar-refractivity contribution in [2.24, 2.45) is 0 Å². The van der Waals surface area contributed by atoms with E-state index in [1.54, 1.807) is 13.8 Å². The molecule has 1 aliphatic heterocycles. The molecule has 192 valence electrons. The predicted octanol–water partition coefficient (Wildman–Crippen LogP) is -7.90. The van der Waals surface area contributed by atoms with E-state index in [9.17, 15) is 19.8 Å². The summed E-state index contributed by atoms with van der Waals surface area (Å²) < 4.78 is 9.23. The van der Waals surface area contributed by atoms with Crippen LogP contribution in [0.4, 0.5) is 0 Å². The fourth-order valence-electron chi connectivity index (χ4n) is 0.373. The van der Waals surface area contributed by atoms with E-state index in [0.717, 1.165) is 35.3 Å². The minimum atomic E-state index is -0.463. The monoisotopic (exact) mass is 692 g/mol. The first-order chi connectivity index (χ1) is 15.7. The van der Waals surface area contributed by atoms with Gasteiger partial charge in [-0.15, -0.1) is 13.2 Å². The molecule has 0 bridgehead atoms. The number of hydrogen-bond acceptors (Lipinski definition) is 11. The van der Waals surface area contributed by atoms with Crippen LogP contribution in [0, 0.1) is 0 Å². The van der Waals surface area contributed by atoms with Gasteiger partial charge in [0.05, 0.1) is 19.8 Å². The molecule has 1 aliphatic rings. The second-order valence-electron chi connectivity index (χ2n) is 4.55. The minimum absolute atomic E-state index is 0. The predicted molar refractivity (Wildman–Crippen MR) is 158 cm³/mol. The summed E-state index contributed by atoms with van der Waals surface area (Å²) in [5, 5.41) is 18.4. The molecule has 0 saturated carbocycles. The van der Waals surface area contributed by atoms with Crippen LogP contribution in [0.1, 0.15) is 13.8 Å². The van der Waals surface area contributed by atoms with Gasteiger partial charge < -0.3 is 59.3 Å². The molecule has 1 fully saturated rings. The van der Waals surface area contributed by atoms with E-state index in [-0.39, 0.29) is 94.6 Å². The number of rotatable bonds is 9. The maximum atomic E-state index is 10.7. The van der Waals surface area contributed by atoms with Crippen LogP contribution < -0.4 is 85.7 Å². The number of hydrogen-bond donors (Lipinski definition) is 0. The molecular formula is C16H26ClLi4O6P5S5. The van der Waals surface area contributed by atoms with Gasteiger partial charge in [0.15, 0.2) is 0 Å². The van der Waals surface area contributed by atoms with Crippen molar-refractivity contribution in [3.63, 3.8) is 0 Å². The maximum absolute atomic E-state index is 10.7. The summed E-state index contributed by atoms with van der Waals surface area (Å²) >= 11 is 25.9. The average molecular weight is 693 g/mol. The topological polar surface area (TPSA) is 102 Å². The van der Waals surface area contributed by atoms with Crippen molar-refractivity contribution in [3.05, 3.63) is 24.3 Å². The quantitative estimate of drug-likeness (QED) is 0.0439. The normalized spacial score (nSPS) is 8.35. The van der Waals surface area contributed by atoms with E-state index >= 15 is 0 Å². The van der Waals surface area contributed by atoms with Gasteiger partial charge in [-0.3, -0.25) is 4.79 Å². The fourth-order valence-corrected chi connectivity index (χ4v) is 1.36. The number of carbonyl (C=O) groups is 2. The van der Waals surface area contributed by atoms with Crippen molar-refractivity contribution < 1.29 is 105 Å². The third-order valence-corrected chi connectivity index (χ3v) is 4.73. The first-order valence-corrected chi connectivity index (χ1v) is 17.9. The smallest absolute Gasteiger partial charge is 0.854 e. The van der Waals surface area contributed by atoms with Crippen molar-refractivity contribution >= 4 is 120 Å². The van der Waals surface area contributed by atoms with Crippen LogP contribution in [0.2, 0.25) is 0 Å². The molecule has 0 aliphatic carbocycles. The Kier molecular flexibility index (Phi) is 133. The average Bonchev–Trinajstić information content (AvgIpc) is 3.68. The Balaban J connectivity index is -0.0000000300. The Hall–Kier alpha value is 3.78. The van der Waals surface area contributed by atoms with Gasteiger partial charge in [0.2, 0.25) is 5.24 Å². The standard InChI is InChI=1S/C6H9O2PS.C4H5ClO.2C2H4OPS.C2H4O.4Li.2PS/c1-5(2)6(7)8-3-4-9-10;1-3(2)4(5)6;2*3-1-2-4-5;1-2-3-1;;;;;2*1-2/h1,3-4H2,2H3;1H2,2H3;2*1-2H2;1-2H2;;;;;;/q;;2*-1;;4*+1;2*-1. The minimum Gasteiger partial charge on any atom is -0.854 e. The van der Waals surface area contributed by atoms with Crippen LogP contribution in [0.3, 0.4) is 0 Å². The van der Waals surface area contributed by atoms with E-state index in [4.69, 9.17) is 16.3 Å². The summed E-state index contributed by atoms with van der Waals surface area (Å²) in [6.07, 6.45) is 1.96. The number of carbonyl (C=O) groups excluding carboxylic acids is 2. The number of ether oxygens (including phenoxy) is 2. The zero-order valence-electron chi connectivity index (χ0n) is 22.2. The van der Waals surface area contributed by atoms with E-state index < -0.39 is 5.24 Å². The summed E-state index contributed by atoms with van der Waals surface area (Å²) in [4.78, 5) is 20.5. The summed E-state index contributed by atoms with van der Waals surface area (Å²) in [5.74, 6) is -0.335. The van der Waals surface area contributed by atoms with Crippen LogP contribution in [0.5, 0.6) is 0 Å². The van der Waals surface area contributed by atoms with Crippen LogP contribution >= 0.6 is 49.7 Å². The molecule has 0 amide bonds. The second kappa shape index (κ2) is 72.2. The molecule has 0 unspecified atom stereocenters. The molecule has 0 spiro atoms. The van der Waals surface area contributed by atoms with Crippen molar-refractivity contribution in [1.29, 1.82) is 0 Å². The molecule has 0 atom stereocenters. The summed E-state index contributed by atoms with van der Waals surface area (Å²) in [6, 6.07) is 0. The van der Waals surface area contributed by atoms with Crippen molar-refractivity contribution in [1.82, 2.24) is 0 Å². The van der Waals surface area contributed by atoms with Crippen molar-refractivity contribution in [2.75, 3.05) is 51.5 Å². The van der Waals surface area contributed by atoms with Gasteiger partial charge in [0.1, 0.15) is 0 Å². The van der Waals surface area contributed by atoms with Gasteiger partial charge in [0, 0.05) is 17.3 Å². The molecule has 1 heterocycles. The molecule has 1 saturated heterocycles. The largest absolute Gasteiger partial charge is 1.00 e. The molecular weight excluding hydrogens is 667 g/mol. The summed E-state index contributed by atoms with van der Waals surface area (Å²) in [6.45, 7) is 12.2. The van der Waals surface area contributed by atoms with Crippen LogP contribution in [-0.2, 0) is 78.1 Å². The maximum Gasteiger partial charge on any atom is 1.00 e. The van der Waals surface area contributed by atoms with Gasteiger partial charge in [-0.1, -0.05) is 48.6 Å². The molecule has 21 heteroatoms. The molecule has 0 aromatic carbocycles. The van der Waals surface area contributed by atoms with E-state index in [1.807, 2.05) is 0 Å². The molecule has 37 heavy (non-hydrogen) atoms. The number of halogens is 1. The number of esters is 1. The van der Waals surface area contributed by atoms with Crippen LogP contribution in [0.15, 0.2) is 24.3 Å². The Morgan fingerprint density at radius 1 is 0.838 bits per heavy atom. The van der Waals surface area contributed by atoms with Gasteiger partial charge >= 0.3 is 81.4 Å². The Bertz CT molecular complexity index is 526. The third kappa shape index (κ3) is 120. The van der Waals surface area contributed by atoms with Gasteiger partial charge in [0.25, 0.3) is 0 Å². The zero-order chi connectivity index (χ0) is 27.5. The number of allylic oxidation sites excluding steroid dienone is 1. The first-order valence-electron chi connectivity index (χ1n) is 8.31. The summed E-state index contributed by atoms with van der Waals surface area (Å²) in [7, 11) is 8.65. The Morgan fingerprint density at radius 2 is 1.11 bits per heavy atom. The third-order valence-electron chi connectivity index (χ3n) is 1.67. The van der Waals surface area contributed by atoms with Gasteiger partial charge in [-0.05, 0) is 59.8 Å². The van der Waals surface area contributed by atoms with Crippen LogP contribution in [0.25, 0.3) is 0 Å².